The third-order valence-corrected chi connectivity index (χ3v) is 3.33. The summed E-state index contributed by atoms with van der Waals surface area (Å²) >= 11 is 5.80. The number of unbranched alkanes of at least 4 members (excludes halogenated alkanes) is 6. The van der Waals surface area contributed by atoms with Crippen molar-refractivity contribution in [2.45, 2.75) is 58.0 Å². The molecule has 1 N–H and O–H groups in total. The minimum absolute atomic E-state index is 0.677. The van der Waals surface area contributed by atoms with Crippen LogP contribution in [0.4, 0.5) is 0 Å². The Morgan fingerprint density at radius 2 is 1.68 bits per heavy atom. The first-order valence-electron chi connectivity index (χ1n) is 7.16. The van der Waals surface area contributed by atoms with E-state index in [1.165, 1.54) is 32.1 Å². The van der Waals surface area contributed by atoms with E-state index >= 15 is 0 Å². The maximum absolute atomic E-state index is 9.87. The van der Waals surface area contributed by atoms with Crippen LogP contribution in [-0.2, 0) is 0 Å². The Hall–Kier alpha value is -0.970. The van der Waals surface area contributed by atoms with Crippen LogP contribution in [0, 0.1) is 11.8 Å². The summed E-state index contributed by atoms with van der Waals surface area (Å²) in [7, 11) is 0. The van der Waals surface area contributed by atoms with Gasteiger partial charge in [0.1, 0.15) is 6.10 Å². The van der Waals surface area contributed by atoms with E-state index < -0.39 is 6.10 Å². The first-order chi connectivity index (χ1) is 9.24. The summed E-state index contributed by atoms with van der Waals surface area (Å²) in [5, 5.41) is 10.5. The standard InChI is InChI=1S/C17H23ClO/c1-2-3-4-5-6-7-8-9-10-17(19)15-11-13-16(18)14-12-15/h11-14,17,19H,2-8H2,1H3. The third-order valence-electron chi connectivity index (χ3n) is 3.08. The van der Waals surface area contributed by atoms with Gasteiger partial charge in [0, 0.05) is 11.4 Å². The smallest absolute Gasteiger partial charge is 0.140 e. The zero-order valence-electron chi connectivity index (χ0n) is 11.7. The summed E-state index contributed by atoms with van der Waals surface area (Å²) in [4.78, 5) is 0. The van der Waals surface area contributed by atoms with Crippen molar-refractivity contribution in [2.75, 3.05) is 0 Å². The van der Waals surface area contributed by atoms with Crippen molar-refractivity contribution in [3.63, 3.8) is 0 Å². The average molecular weight is 279 g/mol. The Kier molecular flexibility index (Phi) is 8.38. The molecule has 0 radical (unpaired) electrons. The largest absolute Gasteiger partial charge is 0.376 e. The number of aliphatic hydroxyl groups is 1. The molecule has 1 rings (SSSR count). The third kappa shape index (κ3) is 7.25. The molecule has 1 unspecified atom stereocenters. The van der Waals surface area contributed by atoms with Crippen molar-refractivity contribution in [2.24, 2.45) is 0 Å². The molecule has 0 saturated heterocycles. The van der Waals surface area contributed by atoms with Crippen LogP contribution in [0.5, 0.6) is 0 Å². The molecule has 0 fully saturated rings. The number of rotatable bonds is 7. The quantitative estimate of drug-likeness (QED) is 0.542. The Morgan fingerprint density at radius 1 is 1.05 bits per heavy atom. The van der Waals surface area contributed by atoms with Crippen molar-refractivity contribution in [3.05, 3.63) is 34.9 Å². The molecular weight excluding hydrogens is 256 g/mol. The van der Waals surface area contributed by atoms with Gasteiger partial charge in [-0.25, -0.2) is 0 Å². The number of aliphatic hydroxyl groups excluding tert-OH is 1. The van der Waals surface area contributed by atoms with Gasteiger partial charge in [-0.3, -0.25) is 0 Å². The first kappa shape index (κ1) is 16.1. The van der Waals surface area contributed by atoms with Crippen LogP contribution < -0.4 is 0 Å². The summed E-state index contributed by atoms with van der Waals surface area (Å²) in [6, 6.07) is 7.17. The molecule has 2 heteroatoms. The fourth-order valence-corrected chi connectivity index (χ4v) is 2.02. The molecular formula is C17H23ClO. The van der Waals surface area contributed by atoms with Crippen LogP contribution in [0.1, 0.15) is 63.5 Å². The lowest BCUT2D eigenvalue weighted by Gasteiger charge is -2.03. The Labute approximate surface area is 122 Å². The molecule has 19 heavy (non-hydrogen) atoms. The monoisotopic (exact) mass is 278 g/mol. The molecule has 0 aliphatic carbocycles. The summed E-state index contributed by atoms with van der Waals surface area (Å²) in [6.45, 7) is 2.23. The molecule has 104 valence electrons. The van der Waals surface area contributed by atoms with Gasteiger partial charge in [-0.2, -0.15) is 0 Å². The molecule has 0 aliphatic rings. The highest BCUT2D eigenvalue weighted by molar-refractivity contribution is 6.30. The number of benzene rings is 1. The summed E-state index contributed by atoms with van der Waals surface area (Å²) in [6.07, 6.45) is 7.80. The van der Waals surface area contributed by atoms with Gasteiger partial charge in [-0.1, -0.05) is 68.7 Å². The van der Waals surface area contributed by atoms with Gasteiger partial charge in [0.05, 0.1) is 0 Å². The molecule has 0 spiro atoms. The van der Waals surface area contributed by atoms with Gasteiger partial charge >= 0.3 is 0 Å². The molecule has 1 aromatic rings. The van der Waals surface area contributed by atoms with Gasteiger partial charge in [-0.15, -0.1) is 5.92 Å². The van der Waals surface area contributed by atoms with Gasteiger partial charge in [0.2, 0.25) is 0 Å². The minimum Gasteiger partial charge on any atom is -0.376 e. The van der Waals surface area contributed by atoms with E-state index in [0.29, 0.717) is 5.02 Å². The SMILES string of the molecule is CCCCCCCCC#CC(O)c1ccc(Cl)cc1. The normalized spacial score (nSPS) is 11.7. The molecule has 0 heterocycles. The van der Waals surface area contributed by atoms with Crippen molar-refractivity contribution in [1.82, 2.24) is 0 Å². The Morgan fingerprint density at radius 3 is 2.37 bits per heavy atom. The lowest BCUT2D eigenvalue weighted by molar-refractivity contribution is 0.238. The van der Waals surface area contributed by atoms with Crippen LogP contribution in [0.3, 0.4) is 0 Å². The summed E-state index contributed by atoms with van der Waals surface area (Å²) in [5.74, 6) is 5.94. The lowest BCUT2D eigenvalue weighted by atomic mass is 10.1. The van der Waals surface area contributed by atoms with Crippen LogP contribution in [0.15, 0.2) is 24.3 Å². The van der Waals surface area contributed by atoms with Gasteiger partial charge in [-0.05, 0) is 24.1 Å². The first-order valence-corrected chi connectivity index (χ1v) is 7.53. The second kappa shape index (κ2) is 9.89. The van der Waals surface area contributed by atoms with Crippen LogP contribution >= 0.6 is 11.6 Å². The molecule has 0 aliphatic heterocycles. The van der Waals surface area contributed by atoms with E-state index in [1.54, 1.807) is 12.1 Å². The second-order valence-corrected chi connectivity index (χ2v) is 5.23. The zero-order chi connectivity index (χ0) is 13.9. The topological polar surface area (TPSA) is 20.2 Å². The van der Waals surface area contributed by atoms with E-state index in [-0.39, 0.29) is 0 Å². The van der Waals surface area contributed by atoms with Crippen molar-refractivity contribution < 1.29 is 5.11 Å². The van der Waals surface area contributed by atoms with Crippen LogP contribution in [-0.4, -0.2) is 5.11 Å². The highest BCUT2D eigenvalue weighted by Gasteiger charge is 2.02. The molecule has 1 atom stereocenters. The fraction of sp³-hybridized carbons (Fsp3) is 0.529. The van der Waals surface area contributed by atoms with E-state index in [9.17, 15) is 5.11 Å². The second-order valence-electron chi connectivity index (χ2n) is 4.79. The Bertz CT molecular complexity index is 400. The molecule has 0 aromatic heterocycles. The van der Waals surface area contributed by atoms with Gasteiger partial charge < -0.3 is 5.11 Å². The van der Waals surface area contributed by atoms with Crippen LogP contribution in [0.2, 0.25) is 5.02 Å². The van der Waals surface area contributed by atoms with Crippen LogP contribution in [0.25, 0.3) is 0 Å². The van der Waals surface area contributed by atoms with E-state index in [4.69, 9.17) is 11.6 Å². The maximum atomic E-state index is 9.87. The lowest BCUT2D eigenvalue weighted by Crippen LogP contribution is -1.92. The maximum Gasteiger partial charge on any atom is 0.140 e. The van der Waals surface area contributed by atoms with E-state index in [1.807, 2.05) is 12.1 Å². The highest BCUT2D eigenvalue weighted by Crippen LogP contribution is 2.15. The van der Waals surface area contributed by atoms with Crippen molar-refractivity contribution in [1.29, 1.82) is 0 Å². The number of hydrogen-bond acceptors (Lipinski definition) is 1. The van der Waals surface area contributed by atoms with Crippen molar-refractivity contribution in [3.8, 4) is 11.8 Å². The number of hydrogen-bond donors (Lipinski definition) is 1. The molecule has 0 bridgehead atoms. The summed E-state index contributed by atoms with van der Waals surface area (Å²) in [5.41, 5.74) is 0.805. The molecule has 0 saturated carbocycles. The van der Waals surface area contributed by atoms with E-state index in [2.05, 4.69) is 18.8 Å². The minimum atomic E-state index is -0.697. The Balaban J connectivity index is 2.20. The zero-order valence-corrected chi connectivity index (χ0v) is 12.4. The molecule has 1 aromatic carbocycles. The average Bonchev–Trinajstić information content (AvgIpc) is 2.42. The highest BCUT2D eigenvalue weighted by atomic mass is 35.5. The van der Waals surface area contributed by atoms with Gasteiger partial charge in [0.15, 0.2) is 0 Å². The van der Waals surface area contributed by atoms with Gasteiger partial charge in [0.25, 0.3) is 0 Å². The van der Waals surface area contributed by atoms with Crippen molar-refractivity contribution >= 4 is 11.6 Å². The fourth-order valence-electron chi connectivity index (χ4n) is 1.89. The predicted molar refractivity (Wildman–Crippen MR) is 82.2 cm³/mol. The van der Waals surface area contributed by atoms with E-state index in [0.717, 1.165) is 18.4 Å². The summed E-state index contributed by atoms with van der Waals surface area (Å²) < 4.78 is 0. The molecule has 1 nitrogen and oxygen atoms in total. The molecule has 0 amide bonds. The number of halogens is 1. The predicted octanol–water partition coefficient (Wildman–Crippen LogP) is 5.13.